The van der Waals surface area contributed by atoms with E-state index in [0.717, 1.165) is 58.0 Å². The number of anilines is 1. The van der Waals surface area contributed by atoms with Crippen LogP contribution >= 0.6 is 23.1 Å². The highest BCUT2D eigenvalue weighted by molar-refractivity contribution is 7.98. The van der Waals surface area contributed by atoms with Gasteiger partial charge in [-0.3, -0.25) is 4.79 Å². The second kappa shape index (κ2) is 10.2. The minimum atomic E-state index is -0.571. The van der Waals surface area contributed by atoms with E-state index in [4.69, 9.17) is 9.26 Å². The third kappa shape index (κ3) is 5.13. The van der Waals surface area contributed by atoms with Gasteiger partial charge in [0.05, 0.1) is 16.8 Å². The maximum Gasteiger partial charge on any atom is 0.339 e. The van der Waals surface area contributed by atoms with Crippen LogP contribution in [0, 0.1) is 25.2 Å². The van der Waals surface area contributed by atoms with E-state index in [1.165, 1.54) is 23.1 Å². The monoisotopic (exact) mass is 481 g/mol. The summed E-state index contributed by atoms with van der Waals surface area (Å²) in [4.78, 5) is 27.1. The third-order valence-electron chi connectivity index (χ3n) is 5.53. The SMILES string of the molecule is Cc1noc(C)c1CSc1ccccc1C(=O)OCC(=O)Nc1sc2c(c1C#N)CCCC2. The van der Waals surface area contributed by atoms with Gasteiger partial charge in [-0.2, -0.15) is 5.26 Å². The zero-order valence-electron chi connectivity index (χ0n) is 18.4. The van der Waals surface area contributed by atoms with E-state index in [0.29, 0.717) is 21.9 Å². The standard InChI is InChI=1S/C24H23N3O4S2/c1-14-19(15(2)31-27-14)13-32-20-9-5-4-8-17(20)24(29)30-12-22(28)26-23-18(11-25)16-7-3-6-10-21(16)33-23/h4-5,8-9H,3,6-7,10,12-13H2,1-2H3,(H,26,28). The fraction of sp³-hybridized carbons (Fsp3) is 0.333. The molecule has 3 aromatic rings. The summed E-state index contributed by atoms with van der Waals surface area (Å²) >= 11 is 2.93. The molecule has 0 unspecified atom stereocenters. The molecule has 33 heavy (non-hydrogen) atoms. The zero-order valence-corrected chi connectivity index (χ0v) is 20.0. The second-order valence-corrected chi connectivity index (χ2v) is 9.86. The van der Waals surface area contributed by atoms with Gasteiger partial charge in [0.25, 0.3) is 5.91 Å². The van der Waals surface area contributed by atoms with Gasteiger partial charge in [-0.25, -0.2) is 4.79 Å². The topological polar surface area (TPSA) is 105 Å². The van der Waals surface area contributed by atoms with E-state index in [-0.39, 0.29) is 0 Å². The van der Waals surface area contributed by atoms with Gasteiger partial charge < -0.3 is 14.6 Å². The van der Waals surface area contributed by atoms with Crippen molar-refractivity contribution in [3.05, 3.63) is 62.9 Å². The minimum absolute atomic E-state index is 0.395. The van der Waals surface area contributed by atoms with Crippen LogP contribution in [-0.4, -0.2) is 23.6 Å². The number of nitrogens with one attached hydrogen (secondary N) is 1. The van der Waals surface area contributed by atoms with Crippen molar-refractivity contribution in [1.82, 2.24) is 5.16 Å². The summed E-state index contributed by atoms with van der Waals surface area (Å²) < 4.78 is 10.5. The maximum atomic E-state index is 12.7. The summed E-state index contributed by atoms with van der Waals surface area (Å²) in [5.41, 5.74) is 3.80. The summed E-state index contributed by atoms with van der Waals surface area (Å²) in [6.07, 6.45) is 3.94. The number of rotatable bonds is 7. The zero-order chi connectivity index (χ0) is 23.4. The smallest absolute Gasteiger partial charge is 0.339 e. The van der Waals surface area contributed by atoms with Crippen molar-refractivity contribution in [3.8, 4) is 6.07 Å². The van der Waals surface area contributed by atoms with Gasteiger partial charge in [-0.05, 0) is 57.2 Å². The molecule has 0 bridgehead atoms. The second-order valence-electron chi connectivity index (χ2n) is 7.74. The van der Waals surface area contributed by atoms with Crippen LogP contribution in [0.1, 0.15) is 56.2 Å². The molecular weight excluding hydrogens is 458 g/mol. The van der Waals surface area contributed by atoms with Gasteiger partial charge in [0.15, 0.2) is 6.61 Å². The molecule has 170 valence electrons. The molecule has 1 amide bonds. The molecule has 2 aromatic heterocycles. The lowest BCUT2D eigenvalue weighted by molar-refractivity contribution is -0.119. The van der Waals surface area contributed by atoms with Crippen LogP contribution in [-0.2, 0) is 28.1 Å². The predicted molar refractivity (Wildman–Crippen MR) is 127 cm³/mol. The van der Waals surface area contributed by atoms with Crippen LogP contribution in [0.4, 0.5) is 5.00 Å². The van der Waals surface area contributed by atoms with Crippen molar-refractivity contribution in [2.75, 3.05) is 11.9 Å². The Morgan fingerprint density at radius 3 is 2.82 bits per heavy atom. The first kappa shape index (κ1) is 23.1. The average Bonchev–Trinajstić information content (AvgIpc) is 3.34. The Kier molecular flexibility index (Phi) is 7.16. The molecule has 1 aromatic carbocycles. The van der Waals surface area contributed by atoms with Gasteiger partial charge >= 0.3 is 5.97 Å². The number of nitriles is 1. The molecule has 0 saturated carbocycles. The van der Waals surface area contributed by atoms with Crippen LogP contribution < -0.4 is 5.32 Å². The Balaban J connectivity index is 1.38. The number of hydrogen-bond acceptors (Lipinski definition) is 8. The molecule has 1 aliphatic carbocycles. The van der Waals surface area contributed by atoms with Crippen LogP contribution in [0.25, 0.3) is 0 Å². The van der Waals surface area contributed by atoms with Crippen LogP contribution in [0.5, 0.6) is 0 Å². The van der Waals surface area contributed by atoms with Gasteiger partial charge in [0, 0.05) is 21.1 Å². The highest BCUT2D eigenvalue weighted by Gasteiger charge is 2.22. The maximum absolute atomic E-state index is 12.7. The van der Waals surface area contributed by atoms with Crippen LogP contribution in [0.2, 0.25) is 0 Å². The fourth-order valence-corrected chi connectivity index (χ4v) is 6.21. The lowest BCUT2D eigenvalue weighted by Crippen LogP contribution is -2.21. The number of benzene rings is 1. The number of esters is 1. The molecule has 7 nitrogen and oxygen atoms in total. The number of carbonyl (C=O) groups excluding carboxylic acids is 2. The number of fused-ring (bicyclic) bond motifs is 1. The molecule has 2 heterocycles. The fourth-order valence-electron chi connectivity index (χ4n) is 3.76. The molecule has 4 rings (SSSR count). The summed E-state index contributed by atoms with van der Waals surface area (Å²) in [6, 6.07) is 9.34. The summed E-state index contributed by atoms with van der Waals surface area (Å²) in [5, 5.41) is 16.8. The first-order chi connectivity index (χ1) is 16.0. The van der Waals surface area contributed by atoms with Crippen LogP contribution in [0.3, 0.4) is 0 Å². The van der Waals surface area contributed by atoms with Crippen molar-refractivity contribution in [1.29, 1.82) is 5.26 Å². The Labute approximate surface area is 200 Å². The van der Waals surface area contributed by atoms with E-state index < -0.39 is 18.5 Å². The van der Waals surface area contributed by atoms with Gasteiger partial charge in [-0.1, -0.05) is 17.3 Å². The average molecular weight is 482 g/mol. The molecule has 0 atom stereocenters. The number of thiophene rings is 1. The van der Waals surface area contributed by atoms with Crippen LogP contribution in [0.15, 0.2) is 33.7 Å². The molecule has 0 saturated heterocycles. The number of ether oxygens (including phenoxy) is 1. The van der Waals surface area contributed by atoms with Crippen molar-refractivity contribution < 1.29 is 18.8 Å². The van der Waals surface area contributed by atoms with Crippen molar-refractivity contribution in [2.45, 2.75) is 50.2 Å². The minimum Gasteiger partial charge on any atom is -0.452 e. The number of nitrogens with zero attached hydrogens (tertiary/aromatic N) is 2. The van der Waals surface area contributed by atoms with E-state index in [9.17, 15) is 14.9 Å². The van der Waals surface area contributed by atoms with E-state index in [1.807, 2.05) is 26.0 Å². The summed E-state index contributed by atoms with van der Waals surface area (Å²) in [5.74, 6) is 0.326. The van der Waals surface area contributed by atoms with E-state index >= 15 is 0 Å². The lowest BCUT2D eigenvalue weighted by Gasteiger charge is -2.10. The highest BCUT2D eigenvalue weighted by Crippen LogP contribution is 2.37. The number of aryl methyl sites for hydroxylation is 3. The van der Waals surface area contributed by atoms with Gasteiger partial charge in [0.2, 0.25) is 0 Å². The first-order valence-corrected chi connectivity index (χ1v) is 12.4. The Bertz CT molecular complexity index is 1220. The van der Waals surface area contributed by atoms with Crippen molar-refractivity contribution in [3.63, 3.8) is 0 Å². The highest BCUT2D eigenvalue weighted by atomic mass is 32.2. The summed E-state index contributed by atoms with van der Waals surface area (Å²) in [6.45, 7) is 3.32. The molecule has 0 fully saturated rings. The normalized spacial score (nSPS) is 12.6. The molecule has 9 heteroatoms. The molecule has 0 radical (unpaired) electrons. The Hall–Kier alpha value is -3.09. The first-order valence-electron chi connectivity index (χ1n) is 10.6. The quantitative estimate of drug-likeness (QED) is 0.366. The molecule has 1 N–H and O–H groups in total. The number of thioether (sulfide) groups is 1. The van der Waals surface area contributed by atoms with Crippen molar-refractivity contribution >= 4 is 40.0 Å². The molecular formula is C24H23N3O4S2. The number of carbonyl (C=O) groups is 2. The third-order valence-corrected chi connectivity index (χ3v) is 7.84. The predicted octanol–water partition coefficient (Wildman–Crippen LogP) is 5.19. The van der Waals surface area contributed by atoms with Crippen molar-refractivity contribution in [2.24, 2.45) is 0 Å². The Morgan fingerprint density at radius 2 is 2.06 bits per heavy atom. The van der Waals surface area contributed by atoms with E-state index in [2.05, 4.69) is 16.5 Å². The Morgan fingerprint density at radius 1 is 1.27 bits per heavy atom. The number of aromatic nitrogens is 1. The molecule has 1 aliphatic rings. The van der Waals surface area contributed by atoms with E-state index in [1.54, 1.807) is 12.1 Å². The van der Waals surface area contributed by atoms with Gasteiger partial charge in [-0.15, -0.1) is 23.1 Å². The number of hydrogen-bond donors (Lipinski definition) is 1. The molecule has 0 aliphatic heterocycles. The molecule has 0 spiro atoms. The number of amides is 1. The lowest BCUT2D eigenvalue weighted by atomic mass is 9.96. The largest absolute Gasteiger partial charge is 0.452 e. The summed E-state index contributed by atoms with van der Waals surface area (Å²) in [7, 11) is 0. The van der Waals surface area contributed by atoms with Gasteiger partial charge in [0.1, 0.15) is 16.8 Å².